The lowest BCUT2D eigenvalue weighted by molar-refractivity contribution is 0.299. The maximum atomic E-state index is 2.49. The molecule has 2 aliphatic rings. The van der Waals surface area contributed by atoms with Crippen LogP contribution in [0.3, 0.4) is 0 Å². The van der Waals surface area contributed by atoms with Gasteiger partial charge in [-0.15, -0.1) is 0 Å². The van der Waals surface area contributed by atoms with Crippen molar-refractivity contribution in [1.82, 2.24) is 0 Å². The second kappa shape index (κ2) is 9.20. The van der Waals surface area contributed by atoms with E-state index in [1.54, 1.807) is 0 Å². The maximum absolute atomic E-state index is 2.49. The fourth-order valence-corrected chi connectivity index (χ4v) is 7.83. The fourth-order valence-electron chi connectivity index (χ4n) is 7.83. The molecule has 1 heteroatoms. The van der Waals surface area contributed by atoms with Gasteiger partial charge in [0.2, 0.25) is 0 Å². The molecule has 0 unspecified atom stereocenters. The van der Waals surface area contributed by atoms with Crippen molar-refractivity contribution >= 4 is 17.1 Å². The lowest BCUT2D eigenvalue weighted by Crippen LogP contribution is -2.43. The average molecular weight is 562 g/mol. The number of anilines is 3. The van der Waals surface area contributed by atoms with Crippen LogP contribution in [0.4, 0.5) is 17.1 Å². The Kier molecular flexibility index (Phi) is 5.93. The highest BCUT2D eigenvalue weighted by Gasteiger charge is 2.48. The van der Waals surface area contributed by atoms with E-state index in [-0.39, 0.29) is 21.7 Å². The Hall–Kier alpha value is -4.10. The smallest absolute Gasteiger partial charge is 0.0543 e. The first kappa shape index (κ1) is 27.7. The molecule has 0 spiro atoms. The predicted molar refractivity (Wildman–Crippen MR) is 184 cm³/mol. The minimum atomic E-state index is -0.0561. The van der Waals surface area contributed by atoms with Crippen molar-refractivity contribution in [3.63, 3.8) is 0 Å². The number of fused-ring (bicyclic) bond motifs is 6. The van der Waals surface area contributed by atoms with E-state index in [0.717, 1.165) is 0 Å². The quantitative estimate of drug-likeness (QED) is 0.212. The highest BCUT2D eigenvalue weighted by molar-refractivity contribution is 5.94. The van der Waals surface area contributed by atoms with Crippen LogP contribution in [0.1, 0.15) is 77.6 Å². The molecule has 0 saturated heterocycles. The number of para-hydroxylation sites is 1. The van der Waals surface area contributed by atoms with E-state index in [1.165, 1.54) is 61.6 Å². The minimum Gasteiger partial charge on any atom is -0.310 e. The molecule has 0 aliphatic heterocycles. The van der Waals surface area contributed by atoms with Gasteiger partial charge >= 0.3 is 0 Å². The highest BCUT2D eigenvalue weighted by Crippen LogP contribution is 2.58. The van der Waals surface area contributed by atoms with E-state index in [1.807, 2.05) is 0 Å². The van der Waals surface area contributed by atoms with Gasteiger partial charge in [0, 0.05) is 16.9 Å². The van der Waals surface area contributed by atoms with E-state index < -0.39 is 0 Å². The first-order valence-corrected chi connectivity index (χ1v) is 15.7. The minimum absolute atomic E-state index is 0.0117. The van der Waals surface area contributed by atoms with Crippen LogP contribution in [0, 0.1) is 0 Å². The second-order valence-corrected chi connectivity index (χ2v) is 14.7. The van der Waals surface area contributed by atoms with Crippen molar-refractivity contribution in [2.75, 3.05) is 4.90 Å². The zero-order chi connectivity index (χ0) is 30.4. The summed E-state index contributed by atoms with van der Waals surface area (Å²) in [6, 6.07) is 43.1. The molecule has 0 heterocycles. The molecule has 216 valence electrons. The summed E-state index contributed by atoms with van der Waals surface area (Å²) >= 11 is 0. The lowest BCUT2D eigenvalue weighted by Gasteiger charge is -2.49. The molecule has 5 aromatic carbocycles. The van der Waals surface area contributed by atoms with Crippen LogP contribution >= 0.6 is 0 Å². The van der Waals surface area contributed by atoms with Gasteiger partial charge in [-0.25, -0.2) is 0 Å². The Bertz CT molecular complexity index is 1870. The molecule has 2 aliphatic carbocycles. The highest BCUT2D eigenvalue weighted by atomic mass is 15.1. The summed E-state index contributed by atoms with van der Waals surface area (Å²) in [5.41, 5.74) is 14.5. The van der Waals surface area contributed by atoms with Gasteiger partial charge in [0.25, 0.3) is 0 Å². The Morgan fingerprint density at radius 1 is 0.372 bits per heavy atom. The van der Waals surface area contributed by atoms with Crippen LogP contribution in [-0.2, 0) is 21.7 Å². The van der Waals surface area contributed by atoms with Gasteiger partial charge in [0.05, 0.1) is 5.69 Å². The largest absolute Gasteiger partial charge is 0.310 e. The van der Waals surface area contributed by atoms with E-state index in [9.17, 15) is 0 Å². The zero-order valence-electron chi connectivity index (χ0n) is 26.9. The molecule has 0 radical (unpaired) electrons. The van der Waals surface area contributed by atoms with Gasteiger partial charge in [-0.1, -0.05) is 140 Å². The number of hydrogen-bond donors (Lipinski definition) is 0. The van der Waals surface area contributed by atoms with Crippen molar-refractivity contribution in [2.45, 2.75) is 77.0 Å². The first-order valence-electron chi connectivity index (χ1n) is 15.7. The summed E-state index contributed by atoms with van der Waals surface area (Å²) in [5, 5.41) is 0. The zero-order valence-corrected chi connectivity index (χ0v) is 26.9. The predicted octanol–water partition coefficient (Wildman–Crippen LogP) is 11.6. The molecule has 0 saturated carbocycles. The van der Waals surface area contributed by atoms with Crippen LogP contribution in [-0.4, -0.2) is 0 Å². The molecule has 43 heavy (non-hydrogen) atoms. The maximum Gasteiger partial charge on any atom is 0.0543 e. The molecule has 0 atom stereocenters. The van der Waals surface area contributed by atoms with Crippen molar-refractivity contribution in [2.24, 2.45) is 0 Å². The summed E-state index contributed by atoms with van der Waals surface area (Å²) in [7, 11) is 0. The summed E-state index contributed by atoms with van der Waals surface area (Å²) in [6.07, 6.45) is 0. The van der Waals surface area contributed by atoms with E-state index in [4.69, 9.17) is 0 Å². The number of rotatable bonds is 3. The molecule has 0 fully saturated rings. The Balaban J connectivity index is 1.53. The summed E-state index contributed by atoms with van der Waals surface area (Å²) in [6.45, 7) is 19.2. The SMILES string of the molecule is CC1(C)c2ccccc2-c2cc(N(c3ccccc3)c3cccc4c3-c3ccccc3C(C)(C)C4(C)C)ccc2C1(C)C. The number of nitrogens with zero attached hydrogens (tertiary/aromatic N) is 1. The van der Waals surface area contributed by atoms with Crippen LogP contribution in [0.15, 0.2) is 115 Å². The summed E-state index contributed by atoms with van der Waals surface area (Å²) < 4.78 is 0. The molecule has 0 amide bonds. The van der Waals surface area contributed by atoms with Crippen molar-refractivity contribution in [3.05, 3.63) is 138 Å². The fraction of sp³-hybridized carbons (Fsp3) is 0.286. The lowest BCUT2D eigenvalue weighted by atomic mass is 9.55. The van der Waals surface area contributed by atoms with Gasteiger partial charge in [0.1, 0.15) is 0 Å². The Morgan fingerprint density at radius 3 is 1.51 bits per heavy atom. The number of benzene rings is 5. The Morgan fingerprint density at radius 2 is 0.860 bits per heavy atom. The van der Waals surface area contributed by atoms with E-state index in [2.05, 4.69) is 176 Å². The molecule has 5 aromatic rings. The third kappa shape index (κ3) is 3.70. The normalized spacial score (nSPS) is 18.0. The average Bonchev–Trinajstić information content (AvgIpc) is 3.00. The van der Waals surface area contributed by atoms with Gasteiger partial charge in [-0.3, -0.25) is 0 Å². The first-order chi connectivity index (χ1) is 20.4. The third-order valence-corrected chi connectivity index (χ3v) is 11.8. The van der Waals surface area contributed by atoms with Gasteiger partial charge in [0.15, 0.2) is 0 Å². The van der Waals surface area contributed by atoms with Crippen molar-refractivity contribution < 1.29 is 0 Å². The molecular formula is C42H43N. The standard InChI is InChI=1S/C42H43N/c1-39(2)33-21-14-12-19-30(33)32-27-29(25-26-35(32)41(39,5)6)43(28-17-10-9-11-18-28)37-24-16-23-36-38(37)31-20-13-15-22-34(31)40(3,4)42(36,7)8/h9-27H,1-8H3. The number of hydrogen-bond acceptors (Lipinski definition) is 1. The van der Waals surface area contributed by atoms with Crippen LogP contribution < -0.4 is 4.90 Å². The monoisotopic (exact) mass is 561 g/mol. The van der Waals surface area contributed by atoms with Crippen molar-refractivity contribution in [1.29, 1.82) is 0 Å². The van der Waals surface area contributed by atoms with Crippen LogP contribution in [0.2, 0.25) is 0 Å². The molecule has 0 bridgehead atoms. The van der Waals surface area contributed by atoms with E-state index >= 15 is 0 Å². The second-order valence-electron chi connectivity index (χ2n) is 14.7. The summed E-state index contributed by atoms with van der Waals surface area (Å²) in [4.78, 5) is 2.49. The van der Waals surface area contributed by atoms with Crippen LogP contribution in [0.5, 0.6) is 0 Å². The third-order valence-electron chi connectivity index (χ3n) is 11.8. The molecule has 0 N–H and O–H groups in total. The Labute approximate surface area is 258 Å². The van der Waals surface area contributed by atoms with Gasteiger partial charge in [-0.05, 0) is 90.9 Å². The molecular weight excluding hydrogens is 518 g/mol. The van der Waals surface area contributed by atoms with E-state index in [0.29, 0.717) is 0 Å². The molecule has 7 rings (SSSR count). The van der Waals surface area contributed by atoms with Crippen molar-refractivity contribution in [3.8, 4) is 22.3 Å². The molecule has 0 aromatic heterocycles. The topological polar surface area (TPSA) is 3.24 Å². The molecule has 1 nitrogen and oxygen atoms in total. The van der Waals surface area contributed by atoms with Gasteiger partial charge < -0.3 is 4.90 Å². The van der Waals surface area contributed by atoms with Gasteiger partial charge in [-0.2, -0.15) is 0 Å². The summed E-state index contributed by atoms with van der Waals surface area (Å²) in [5.74, 6) is 0. The van der Waals surface area contributed by atoms with Crippen LogP contribution in [0.25, 0.3) is 22.3 Å².